The summed E-state index contributed by atoms with van der Waals surface area (Å²) in [5.41, 5.74) is 0.151. The van der Waals surface area contributed by atoms with E-state index >= 15 is 0 Å². The van der Waals surface area contributed by atoms with Crippen molar-refractivity contribution in [3.05, 3.63) is 35.4 Å². The lowest BCUT2D eigenvalue weighted by atomic mass is 10.1. The quantitative estimate of drug-likeness (QED) is 0.892. The molecule has 0 bridgehead atoms. The summed E-state index contributed by atoms with van der Waals surface area (Å²) >= 11 is 0. The minimum Gasteiger partial charge on any atom is -0.352 e. The molecular formula is C13H17ClF2N2O. The van der Waals surface area contributed by atoms with E-state index in [1.807, 2.05) is 0 Å². The molecule has 0 radical (unpaired) electrons. The Hall–Kier alpha value is -1.20. The van der Waals surface area contributed by atoms with Gasteiger partial charge in [0.2, 0.25) is 0 Å². The van der Waals surface area contributed by atoms with Gasteiger partial charge in [-0.2, -0.15) is 0 Å². The van der Waals surface area contributed by atoms with Crippen LogP contribution in [0.5, 0.6) is 0 Å². The van der Waals surface area contributed by atoms with Gasteiger partial charge >= 0.3 is 0 Å². The van der Waals surface area contributed by atoms with Gasteiger partial charge in [-0.1, -0.05) is 0 Å². The molecule has 2 N–H and O–H groups in total. The number of carbonyl (C=O) groups excluding carboxylic acids is 1. The third-order valence-corrected chi connectivity index (χ3v) is 3.18. The number of nitrogens with one attached hydrogen (secondary N) is 2. The number of hydrogen-bond donors (Lipinski definition) is 2. The molecule has 6 heteroatoms. The minimum absolute atomic E-state index is 0. The van der Waals surface area contributed by atoms with E-state index in [-0.39, 0.29) is 23.9 Å². The lowest BCUT2D eigenvalue weighted by Crippen LogP contribution is -2.26. The van der Waals surface area contributed by atoms with Crippen molar-refractivity contribution in [1.29, 1.82) is 0 Å². The molecule has 0 aliphatic carbocycles. The summed E-state index contributed by atoms with van der Waals surface area (Å²) in [6.45, 7) is 2.58. The average Bonchev–Trinajstić information content (AvgIpc) is 2.85. The molecule has 3 nitrogen and oxygen atoms in total. The first-order valence-electron chi connectivity index (χ1n) is 6.11. The molecule has 1 aromatic carbocycles. The van der Waals surface area contributed by atoms with Gasteiger partial charge in [-0.05, 0) is 50.0 Å². The Morgan fingerprint density at radius 1 is 1.37 bits per heavy atom. The Balaban J connectivity index is 0.00000180. The monoisotopic (exact) mass is 290 g/mol. The predicted octanol–water partition coefficient (Wildman–Crippen LogP) is 2.12. The maximum absolute atomic E-state index is 12.9. The van der Waals surface area contributed by atoms with Gasteiger partial charge in [0.1, 0.15) is 0 Å². The van der Waals surface area contributed by atoms with Crippen LogP contribution in [0.2, 0.25) is 0 Å². The van der Waals surface area contributed by atoms with Gasteiger partial charge in [0.05, 0.1) is 0 Å². The lowest BCUT2D eigenvalue weighted by Gasteiger charge is -2.09. The first kappa shape index (κ1) is 15.9. The van der Waals surface area contributed by atoms with Gasteiger partial charge in [0.25, 0.3) is 5.91 Å². The molecule has 1 unspecified atom stereocenters. The van der Waals surface area contributed by atoms with Crippen LogP contribution in [0.15, 0.2) is 18.2 Å². The third-order valence-electron chi connectivity index (χ3n) is 3.18. The maximum Gasteiger partial charge on any atom is 0.251 e. The molecule has 0 spiro atoms. The highest BCUT2D eigenvalue weighted by atomic mass is 35.5. The topological polar surface area (TPSA) is 41.1 Å². The molecule has 2 rings (SSSR count). The molecule has 0 aromatic heterocycles. The summed E-state index contributed by atoms with van der Waals surface area (Å²) < 4.78 is 25.6. The fraction of sp³-hybridized carbons (Fsp3) is 0.462. The van der Waals surface area contributed by atoms with Crippen LogP contribution in [0, 0.1) is 17.6 Å². The average molecular weight is 291 g/mol. The van der Waals surface area contributed by atoms with Gasteiger partial charge in [-0.15, -0.1) is 12.4 Å². The summed E-state index contributed by atoms with van der Waals surface area (Å²) in [6, 6.07) is 3.16. The van der Waals surface area contributed by atoms with Crippen molar-refractivity contribution in [2.75, 3.05) is 19.6 Å². The van der Waals surface area contributed by atoms with Crippen LogP contribution in [0.3, 0.4) is 0 Å². The molecule has 106 valence electrons. The second-order valence-corrected chi connectivity index (χ2v) is 4.53. The summed E-state index contributed by atoms with van der Waals surface area (Å²) in [7, 11) is 0. The Morgan fingerprint density at radius 3 is 2.79 bits per heavy atom. The van der Waals surface area contributed by atoms with E-state index in [1.165, 1.54) is 6.07 Å². The van der Waals surface area contributed by atoms with E-state index in [9.17, 15) is 13.6 Å². The molecule has 1 aliphatic heterocycles. The second kappa shape index (κ2) is 7.40. The maximum atomic E-state index is 12.9. The van der Waals surface area contributed by atoms with Crippen molar-refractivity contribution in [3.63, 3.8) is 0 Å². The normalized spacial score (nSPS) is 17.9. The number of hydrogen-bond acceptors (Lipinski definition) is 2. The lowest BCUT2D eigenvalue weighted by molar-refractivity contribution is 0.0951. The highest BCUT2D eigenvalue weighted by molar-refractivity contribution is 5.94. The molecule has 1 aliphatic rings. The summed E-state index contributed by atoms with van der Waals surface area (Å²) in [4.78, 5) is 11.7. The van der Waals surface area contributed by atoms with E-state index in [0.29, 0.717) is 12.5 Å². The fourth-order valence-corrected chi connectivity index (χ4v) is 2.09. The molecule has 1 atom stereocenters. The van der Waals surface area contributed by atoms with Gasteiger partial charge in [-0.3, -0.25) is 4.79 Å². The van der Waals surface area contributed by atoms with Crippen molar-refractivity contribution >= 4 is 18.3 Å². The standard InChI is InChI=1S/C13H16F2N2O.ClH/c14-11-2-1-10(7-12(11)15)13(18)17-6-4-9-3-5-16-8-9;/h1-2,7,9,16H,3-6,8H2,(H,17,18);1H. The minimum atomic E-state index is -0.998. The van der Waals surface area contributed by atoms with Gasteiger partial charge in [0, 0.05) is 12.1 Å². The molecular weight excluding hydrogens is 274 g/mol. The number of benzene rings is 1. The van der Waals surface area contributed by atoms with Gasteiger partial charge < -0.3 is 10.6 Å². The van der Waals surface area contributed by atoms with Crippen LogP contribution >= 0.6 is 12.4 Å². The summed E-state index contributed by atoms with van der Waals surface area (Å²) in [5, 5.41) is 5.97. The zero-order valence-electron chi connectivity index (χ0n) is 10.4. The summed E-state index contributed by atoms with van der Waals surface area (Å²) in [5.74, 6) is -1.71. The predicted molar refractivity (Wildman–Crippen MR) is 71.5 cm³/mol. The smallest absolute Gasteiger partial charge is 0.251 e. The van der Waals surface area contributed by atoms with Crippen molar-refractivity contribution in [3.8, 4) is 0 Å². The Kier molecular flexibility index (Phi) is 6.18. The van der Waals surface area contributed by atoms with E-state index < -0.39 is 11.6 Å². The van der Waals surface area contributed by atoms with Gasteiger partial charge in [-0.25, -0.2) is 8.78 Å². The van der Waals surface area contributed by atoms with Crippen LogP contribution in [0.1, 0.15) is 23.2 Å². The summed E-state index contributed by atoms with van der Waals surface area (Å²) in [6.07, 6.45) is 2.03. The van der Waals surface area contributed by atoms with E-state index in [0.717, 1.165) is 38.1 Å². The third kappa shape index (κ3) is 4.44. The Morgan fingerprint density at radius 2 is 2.16 bits per heavy atom. The second-order valence-electron chi connectivity index (χ2n) is 4.53. The molecule has 1 fully saturated rings. The highest BCUT2D eigenvalue weighted by Crippen LogP contribution is 2.11. The number of halogens is 3. The van der Waals surface area contributed by atoms with Crippen LogP contribution in [0.25, 0.3) is 0 Å². The van der Waals surface area contributed by atoms with Crippen LogP contribution in [-0.2, 0) is 0 Å². The molecule has 1 aromatic rings. The Bertz CT molecular complexity index is 437. The molecule has 19 heavy (non-hydrogen) atoms. The first-order valence-corrected chi connectivity index (χ1v) is 6.11. The largest absolute Gasteiger partial charge is 0.352 e. The van der Waals surface area contributed by atoms with Crippen molar-refractivity contribution in [2.24, 2.45) is 5.92 Å². The molecule has 1 amide bonds. The molecule has 1 heterocycles. The fourth-order valence-electron chi connectivity index (χ4n) is 2.09. The SMILES string of the molecule is Cl.O=C(NCCC1CCNC1)c1ccc(F)c(F)c1. The van der Waals surface area contributed by atoms with Crippen molar-refractivity contribution < 1.29 is 13.6 Å². The van der Waals surface area contributed by atoms with E-state index in [2.05, 4.69) is 10.6 Å². The molecule has 1 saturated heterocycles. The van der Waals surface area contributed by atoms with Crippen LogP contribution < -0.4 is 10.6 Å². The molecule has 0 saturated carbocycles. The van der Waals surface area contributed by atoms with Crippen LogP contribution in [0.4, 0.5) is 8.78 Å². The van der Waals surface area contributed by atoms with Crippen LogP contribution in [-0.4, -0.2) is 25.5 Å². The zero-order valence-corrected chi connectivity index (χ0v) is 11.2. The zero-order chi connectivity index (χ0) is 13.0. The Labute approximate surface area is 117 Å². The van der Waals surface area contributed by atoms with E-state index in [4.69, 9.17) is 0 Å². The number of rotatable bonds is 4. The van der Waals surface area contributed by atoms with Gasteiger partial charge in [0.15, 0.2) is 11.6 Å². The highest BCUT2D eigenvalue weighted by Gasteiger charge is 2.15. The van der Waals surface area contributed by atoms with Crippen molar-refractivity contribution in [1.82, 2.24) is 10.6 Å². The van der Waals surface area contributed by atoms with Crippen molar-refractivity contribution in [2.45, 2.75) is 12.8 Å². The number of carbonyl (C=O) groups is 1. The van der Waals surface area contributed by atoms with E-state index in [1.54, 1.807) is 0 Å². The first-order chi connectivity index (χ1) is 8.66. The number of amides is 1.